The number of carbonyl (C=O) groups is 4. The number of carboxylic acid groups (broad SMARTS) is 1. The topological polar surface area (TPSA) is 181 Å². The predicted molar refractivity (Wildman–Crippen MR) is 212 cm³/mol. The van der Waals surface area contributed by atoms with E-state index in [0.29, 0.717) is 50.8 Å². The van der Waals surface area contributed by atoms with Crippen molar-refractivity contribution in [3.8, 4) is 22.9 Å². The first-order valence-electron chi connectivity index (χ1n) is 19.0. The van der Waals surface area contributed by atoms with Crippen molar-refractivity contribution in [3.05, 3.63) is 41.3 Å². The number of ether oxygens (including phenoxy) is 3. The summed E-state index contributed by atoms with van der Waals surface area (Å²) < 4.78 is 17.9. The van der Waals surface area contributed by atoms with E-state index >= 15 is 0 Å². The third-order valence-electron chi connectivity index (χ3n) is 11.3. The van der Waals surface area contributed by atoms with Gasteiger partial charge < -0.3 is 40.2 Å². The third-order valence-corrected chi connectivity index (χ3v) is 12.4. The molecular formula is C40H49ClN6O8S. The number of benzene rings is 1. The average Bonchev–Trinajstić information content (AvgIpc) is 3.80. The maximum Gasteiger partial charge on any atom is 0.408 e. The minimum Gasteiger partial charge on any atom is -0.495 e. The van der Waals surface area contributed by atoms with Crippen LogP contribution in [0.3, 0.4) is 0 Å². The van der Waals surface area contributed by atoms with Gasteiger partial charge in [0.25, 0.3) is 0 Å². The van der Waals surface area contributed by atoms with Gasteiger partial charge in [-0.1, -0.05) is 38.4 Å². The van der Waals surface area contributed by atoms with E-state index in [0.717, 1.165) is 12.8 Å². The van der Waals surface area contributed by atoms with E-state index in [1.807, 2.05) is 40.0 Å². The van der Waals surface area contributed by atoms with Crippen molar-refractivity contribution in [3.63, 3.8) is 0 Å². The Balaban J connectivity index is 1.20. The number of hydrogen-bond acceptors (Lipinski definition) is 11. The number of rotatable bonds is 13. The van der Waals surface area contributed by atoms with Gasteiger partial charge in [0.1, 0.15) is 52.0 Å². The van der Waals surface area contributed by atoms with Crippen molar-refractivity contribution in [2.24, 2.45) is 23.2 Å². The summed E-state index contributed by atoms with van der Waals surface area (Å²) >= 11 is 8.24. The molecule has 2 aromatic heterocycles. The van der Waals surface area contributed by atoms with Crippen LogP contribution in [0, 0.1) is 23.2 Å². The monoisotopic (exact) mass is 808 g/mol. The van der Waals surface area contributed by atoms with Gasteiger partial charge in [0.2, 0.25) is 11.8 Å². The minimum atomic E-state index is -1.53. The second kappa shape index (κ2) is 15.0. The maximum absolute atomic E-state index is 14.7. The summed E-state index contributed by atoms with van der Waals surface area (Å²) in [7, 11) is 1.51. The molecule has 0 spiro atoms. The number of alkyl carbamates (subject to hydrolysis) is 1. The lowest BCUT2D eigenvalue weighted by Crippen LogP contribution is -2.59. The van der Waals surface area contributed by atoms with Gasteiger partial charge in [-0.15, -0.1) is 17.9 Å². The summed E-state index contributed by atoms with van der Waals surface area (Å²) in [5, 5.41) is 22.4. The molecule has 3 amide bonds. The molecule has 14 nitrogen and oxygen atoms in total. The summed E-state index contributed by atoms with van der Waals surface area (Å²) in [4.78, 5) is 65.4. The molecule has 300 valence electrons. The number of nitrogens with one attached hydrogen (secondary N) is 3. The number of aliphatic carboxylic acids is 1. The molecule has 16 heteroatoms. The van der Waals surface area contributed by atoms with Crippen molar-refractivity contribution >= 4 is 62.8 Å². The number of thiazole rings is 1. The molecule has 56 heavy (non-hydrogen) atoms. The van der Waals surface area contributed by atoms with E-state index in [-0.39, 0.29) is 36.6 Å². The van der Waals surface area contributed by atoms with Crippen LogP contribution in [-0.4, -0.2) is 93.4 Å². The molecule has 7 rings (SSSR count). The Kier molecular flexibility index (Phi) is 10.6. The summed E-state index contributed by atoms with van der Waals surface area (Å²) in [6.07, 6.45) is 2.89. The van der Waals surface area contributed by atoms with Crippen LogP contribution in [0.4, 0.5) is 9.93 Å². The van der Waals surface area contributed by atoms with Crippen molar-refractivity contribution in [2.45, 2.75) is 103 Å². The first-order valence-corrected chi connectivity index (χ1v) is 20.3. The number of anilines is 1. The molecule has 1 saturated heterocycles. The SMILES string of the molecule is C=CC1C[C@]1(NC(=O)[C@@H]1CC(Oc2cc(-c3csc(NC(C)C)n3)nc3c(Cl)c(OC)ccc23)CN1C(=O)[C@@H](NC(=O)O[C@@H]1C[C@@H]2C[C@@H]2C1)C(C)(C)C)C(=O)O. The van der Waals surface area contributed by atoms with Crippen LogP contribution in [-0.2, 0) is 19.1 Å². The molecule has 4 aliphatic rings. The second-order valence-corrected chi connectivity index (χ2v) is 18.0. The van der Waals surface area contributed by atoms with Crippen LogP contribution >= 0.6 is 22.9 Å². The second-order valence-electron chi connectivity index (χ2n) is 16.8. The molecule has 3 heterocycles. The summed E-state index contributed by atoms with van der Waals surface area (Å²) in [5.74, 6) is -0.804. The molecule has 0 radical (unpaired) electrons. The Morgan fingerprint density at radius 1 is 1.07 bits per heavy atom. The smallest absolute Gasteiger partial charge is 0.408 e. The van der Waals surface area contributed by atoms with E-state index in [9.17, 15) is 24.3 Å². The minimum absolute atomic E-state index is 0.0282. The molecule has 3 saturated carbocycles. The molecule has 8 atom stereocenters. The van der Waals surface area contributed by atoms with Crippen LogP contribution in [0.25, 0.3) is 22.3 Å². The predicted octanol–water partition coefficient (Wildman–Crippen LogP) is 6.27. The maximum atomic E-state index is 14.7. The number of amides is 3. The lowest BCUT2D eigenvalue weighted by molar-refractivity contribution is -0.146. The third kappa shape index (κ3) is 7.84. The Labute approximate surface area is 334 Å². The molecular weight excluding hydrogens is 760 g/mol. The fraction of sp³-hybridized carbons (Fsp3) is 0.550. The molecule has 4 N–H and O–H groups in total. The average molecular weight is 809 g/mol. The van der Waals surface area contributed by atoms with Gasteiger partial charge in [0.05, 0.1) is 24.9 Å². The van der Waals surface area contributed by atoms with Gasteiger partial charge in [-0.3, -0.25) is 9.59 Å². The standard InChI is InChI=1S/C40H49ClN6O8S/c1-8-22-16-40(22,36(50)51)46-34(48)28-14-24(17-47(28)35(49)33(39(4,5)6)45-38(52)55-23-12-20-11-21(20)13-23)54-30-15-26(27-18-56-37(44-27)42-19(2)3)43-32-25(30)9-10-29(53-7)31(32)41/h8-10,15,18-24,28,33H,1,11-14,16-17H2,2-7H3,(H,42,44)(H,45,52)(H,46,48)(H,50,51)/t20-,21+,22?,23+,24?,28-,33+,40+/m0/s1. The summed E-state index contributed by atoms with van der Waals surface area (Å²) in [5.41, 5.74) is -0.830. The zero-order valence-electron chi connectivity index (χ0n) is 32.4. The molecule has 4 fully saturated rings. The number of carbonyl (C=O) groups excluding carboxylic acids is 3. The zero-order chi connectivity index (χ0) is 40.3. The summed E-state index contributed by atoms with van der Waals surface area (Å²) in [6.45, 7) is 13.2. The highest BCUT2D eigenvalue weighted by Crippen LogP contribution is 2.52. The van der Waals surface area contributed by atoms with Gasteiger partial charge in [0, 0.05) is 35.2 Å². The van der Waals surface area contributed by atoms with Crippen LogP contribution in [0.1, 0.15) is 66.7 Å². The van der Waals surface area contributed by atoms with Crippen molar-refractivity contribution in [2.75, 3.05) is 19.0 Å². The quantitative estimate of drug-likeness (QED) is 0.143. The Bertz CT molecular complexity index is 2060. The Morgan fingerprint density at radius 2 is 1.80 bits per heavy atom. The number of halogens is 1. The van der Waals surface area contributed by atoms with Crippen LogP contribution in [0.5, 0.6) is 11.5 Å². The fourth-order valence-electron chi connectivity index (χ4n) is 8.05. The van der Waals surface area contributed by atoms with E-state index in [4.69, 9.17) is 35.8 Å². The molecule has 3 aromatic rings. The van der Waals surface area contributed by atoms with Gasteiger partial charge in [-0.05, 0) is 68.9 Å². The van der Waals surface area contributed by atoms with Crippen molar-refractivity contribution in [1.29, 1.82) is 0 Å². The zero-order valence-corrected chi connectivity index (χ0v) is 34.0. The Morgan fingerprint density at radius 3 is 2.43 bits per heavy atom. The first kappa shape index (κ1) is 39.6. The number of hydrogen-bond donors (Lipinski definition) is 4. The van der Waals surface area contributed by atoms with Crippen LogP contribution < -0.4 is 25.4 Å². The van der Waals surface area contributed by atoms with Crippen molar-refractivity contribution < 1.29 is 38.5 Å². The number of likely N-dealkylation sites (tertiary alicyclic amines) is 1. The molecule has 1 aromatic carbocycles. The van der Waals surface area contributed by atoms with E-state index in [2.05, 4.69) is 22.5 Å². The van der Waals surface area contributed by atoms with Crippen LogP contribution in [0.15, 0.2) is 36.2 Å². The Hall–Kier alpha value is -4.63. The van der Waals surface area contributed by atoms with Gasteiger partial charge in [-0.25, -0.2) is 19.6 Å². The molecule has 0 bridgehead atoms. The van der Waals surface area contributed by atoms with Crippen LogP contribution in [0.2, 0.25) is 5.02 Å². The molecule has 1 aliphatic heterocycles. The van der Waals surface area contributed by atoms with E-state index < -0.39 is 58.9 Å². The number of methoxy groups -OCH3 is 1. The van der Waals surface area contributed by atoms with Gasteiger partial charge in [-0.2, -0.15) is 0 Å². The van der Waals surface area contributed by atoms with Gasteiger partial charge >= 0.3 is 12.1 Å². The van der Waals surface area contributed by atoms with Crippen molar-refractivity contribution in [1.82, 2.24) is 25.5 Å². The number of pyridine rings is 1. The fourth-order valence-corrected chi connectivity index (χ4v) is 9.18. The highest BCUT2D eigenvalue weighted by atomic mass is 35.5. The number of nitrogens with zero attached hydrogens (tertiary/aromatic N) is 3. The highest BCUT2D eigenvalue weighted by Gasteiger charge is 2.61. The van der Waals surface area contributed by atoms with E-state index in [1.165, 1.54) is 35.8 Å². The van der Waals surface area contributed by atoms with E-state index in [1.54, 1.807) is 18.2 Å². The lowest BCUT2D eigenvalue weighted by Gasteiger charge is -2.35. The molecule has 3 aliphatic carbocycles. The van der Waals surface area contributed by atoms with Gasteiger partial charge in [0.15, 0.2) is 5.13 Å². The first-order chi connectivity index (χ1) is 26.5. The number of fused-ring (bicyclic) bond motifs is 2. The lowest BCUT2D eigenvalue weighted by atomic mass is 9.85. The number of aromatic nitrogens is 2. The number of carboxylic acids is 1. The highest BCUT2D eigenvalue weighted by molar-refractivity contribution is 7.14. The largest absolute Gasteiger partial charge is 0.495 e. The molecule has 2 unspecified atom stereocenters. The summed E-state index contributed by atoms with van der Waals surface area (Å²) in [6, 6.07) is 3.20. The normalized spacial score (nSPS) is 27.0.